The molecule has 0 saturated carbocycles. The van der Waals surface area contributed by atoms with E-state index in [2.05, 4.69) is 143 Å². The van der Waals surface area contributed by atoms with Crippen molar-refractivity contribution in [2.75, 3.05) is 0 Å². The normalized spacial score (nSPS) is 17.6. The molecule has 3 aliphatic rings. The Balaban J connectivity index is 1.32. The molecule has 228 valence electrons. The molecule has 0 spiro atoms. The molecule has 3 heterocycles. The minimum absolute atomic E-state index is 0.229. The van der Waals surface area contributed by atoms with Crippen LogP contribution in [0, 0.1) is 0 Å². The molecule has 3 atom stereocenters. The van der Waals surface area contributed by atoms with E-state index in [1.807, 2.05) is 18.6 Å². The first-order valence-electron chi connectivity index (χ1n) is 17.0. The fourth-order valence-electron chi connectivity index (χ4n) is 9.18. The van der Waals surface area contributed by atoms with Crippen molar-refractivity contribution in [2.24, 2.45) is 0 Å². The molecule has 7 aromatic rings. The lowest BCUT2D eigenvalue weighted by Gasteiger charge is -2.25. The summed E-state index contributed by atoms with van der Waals surface area (Å²) in [7, 11) is 0. The van der Waals surface area contributed by atoms with Crippen LogP contribution in [0.4, 0.5) is 0 Å². The van der Waals surface area contributed by atoms with Gasteiger partial charge in [-0.2, -0.15) is 0 Å². The van der Waals surface area contributed by atoms with Gasteiger partial charge in [-0.1, -0.05) is 91.0 Å². The largest absolute Gasteiger partial charge is 0.264 e. The number of benzene rings is 4. The van der Waals surface area contributed by atoms with Crippen molar-refractivity contribution in [3.05, 3.63) is 196 Å². The highest BCUT2D eigenvalue weighted by atomic mass is 14.6. The highest BCUT2D eigenvalue weighted by molar-refractivity contribution is 6.03. The standard InChI is InChI=1S/C45H33N3/c1-4-16-34-31(13-1)37(22-28-10-7-19-46-25-28)43-40(34)44-38(23-29-11-8-20-47-26-29)33-15-3-6-18-36(33)42(44)45-39(24-30-12-9-21-48-27-30)32-14-2-5-17-35(32)41(43)45/h1-21,25-27,37-39H,22-24H2/t37-,38-,39?/m0/s1. The van der Waals surface area contributed by atoms with Crippen LogP contribution in [0.1, 0.15) is 67.8 Å². The molecule has 0 fully saturated rings. The predicted molar refractivity (Wildman–Crippen MR) is 192 cm³/mol. The molecule has 0 N–H and O–H groups in total. The fourth-order valence-corrected chi connectivity index (χ4v) is 9.18. The van der Waals surface area contributed by atoms with Crippen molar-refractivity contribution in [3.8, 4) is 33.4 Å². The van der Waals surface area contributed by atoms with Crippen LogP contribution in [-0.4, -0.2) is 15.0 Å². The molecule has 4 aromatic carbocycles. The topological polar surface area (TPSA) is 38.7 Å². The zero-order valence-electron chi connectivity index (χ0n) is 26.6. The molecular formula is C45H33N3. The van der Waals surface area contributed by atoms with Crippen molar-refractivity contribution in [1.82, 2.24) is 15.0 Å². The van der Waals surface area contributed by atoms with Crippen LogP contribution < -0.4 is 0 Å². The summed E-state index contributed by atoms with van der Waals surface area (Å²) in [6.45, 7) is 0. The first-order valence-corrected chi connectivity index (χ1v) is 17.0. The predicted octanol–water partition coefficient (Wildman–Crippen LogP) is 9.94. The summed E-state index contributed by atoms with van der Waals surface area (Å²) >= 11 is 0. The second kappa shape index (κ2) is 11.0. The summed E-state index contributed by atoms with van der Waals surface area (Å²) in [5.41, 5.74) is 21.1. The number of fused-ring (bicyclic) bond motifs is 12. The summed E-state index contributed by atoms with van der Waals surface area (Å²) in [6, 6.07) is 40.6. The molecular weight excluding hydrogens is 583 g/mol. The summed E-state index contributed by atoms with van der Waals surface area (Å²) < 4.78 is 0. The minimum Gasteiger partial charge on any atom is -0.264 e. The highest BCUT2D eigenvalue weighted by Crippen LogP contribution is 2.65. The van der Waals surface area contributed by atoms with Crippen molar-refractivity contribution in [1.29, 1.82) is 0 Å². The van der Waals surface area contributed by atoms with Crippen LogP contribution in [0.2, 0.25) is 0 Å². The smallest absolute Gasteiger partial charge is 0.0300 e. The van der Waals surface area contributed by atoms with E-state index in [1.165, 1.54) is 83.5 Å². The molecule has 3 aliphatic carbocycles. The van der Waals surface area contributed by atoms with Crippen LogP contribution in [0.5, 0.6) is 0 Å². The maximum atomic E-state index is 4.54. The highest BCUT2D eigenvalue weighted by Gasteiger charge is 2.46. The van der Waals surface area contributed by atoms with Crippen molar-refractivity contribution in [2.45, 2.75) is 37.0 Å². The number of hydrogen-bond acceptors (Lipinski definition) is 3. The van der Waals surface area contributed by atoms with Gasteiger partial charge in [0.25, 0.3) is 0 Å². The Bertz CT molecular complexity index is 2040. The number of hydrogen-bond donors (Lipinski definition) is 0. The summed E-state index contributed by atoms with van der Waals surface area (Å²) in [5, 5.41) is 0. The van der Waals surface area contributed by atoms with E-state index in [4.69, 9.17) is 0 Å². The number of nitrogens with zero attached hydrogens (tertiary/aromatic N) is 3. The monoisotopic (exact) mass is 615 g/mol. The van der Waals surface area contributed by atoms with E-state index in [-0.39, 0.29) is 17.8 Å². The minimum atomic E-state index is 0.229. The van der Waals surface area contributed by atoms with Crippen molar-refractivity contribution >= 4 is 0 Å². The van der Waals surface area contributed by atoms with Gasteiger partial charge in [0.05, 0.1) is 0 Å². The van der Waals surface area contributed by atoms with E-state index < -0.39 is 0 Å². The Hall–Kier alpha value is -5.67. The van der Waals surface area contributed by atoms with Crippen LogP contribution >= 0.6 is 0 Å². The summed E-state index contributed by atoms with van der Waals surface area (Å²) in [6.07, 6.45) is 14.5. The van der Waals surface area contributed by atoms with E-state index in [9.17, 15) is 0 Å². The molecule has 0 saturated heterocycles. The van der Waals surface area contributed by atoms with Gasteiger partial charge in [-0.25, -0.2) is 0 Å². The average Bonchev–Trinajstić information content (AvgIpc) is 3.76. The van der Waals surface area contributed by atoms with E-state index >= 15 is 0 Å². The van der Waals surface area contributed by atoms with Gasteiger partial charge >= 0.3 is 0 Å². The molecule has 10 rings (SSSR count). The van der Waals surface area contributed by atoms with Gasteiger partial charge < -0.3 is 0 Å². The second-order valence-corrected chi connectivity index (χ2v) is 13.5. The van der Waals surface area contributed by atoms with Crippen LogP contribution in [-0.2, 0) is 19.3 Å². The Morgan fingerprint density at radius 3 is 0.958 bits per heavy atom. The zero-order valence-corrected chi connectivity index (χ0v) is 26.6. The Morgan fingerprint density at radius 2 is 0.667 bits per heavy atom. The third kappa shape index (κ3) is 4.10. The van der Waals surface area contributed by atoms with E-state index in [0.29, 0.717) is 0 Å². The fraction of sp³-hybridized carbons (Fsp3) is 0.133. The molecule has 0 bridgehead atoms. The summed E-state index contributed by atoms with van der Waals surface area (Å²) in [4.78, 5) is 13.6. The lowest BCUT2D eigenvalue weighted by Crippen LogP contribution is -2.09. The Labute approximate surface area is 281 Å². The molecule has 0 aliphatic heterocycles. The van der Waals surface area contributed by atoms with Gasteiger partial charge in [0.15, 0.2) is 0 Å². The number of pyridine rings is 3. The SMILES string of the molecule is c1cncc(CC2c3ccccc3-c3c2c2c(c4c3[C@@H](Cc3cccnc3)c3ccccc3-4)[C@@H](Cc3cccnc3)c3ccccc3-2)c1. The third-order valence-electron chi connectivity index (χ3n) is 11.0. The van der Waals surface area contributed by atoms with Gasteiger partial charge in [-0.3, -0.25) is 15.0 Å². The van der Waals surface area contributed by atoms with E-state index in [1.54, 1.807) is 0 Å². The molecule has 3 heteroatoms. The van der Waals surface area contributed by atoms with Crippen LogP contribution in [0.3, 0.4) is 0 Å². The maximum Gasteiger partial charge on any atom is 0.0300 e. The van der Waals surface area contributed by atoms with Gasteiger partial charge in [0, 0.05) is 54.9 Å². The first-order chi connectivity index (χ1) is 23.8. The molecule has 1 unspecified atom stereocenters. The lowest BCUT2D eigenvalue weighted by molar-refractivity contribution is 0.798. The maximum absolute atomic E-state index is 4.54. The average molecular weight is 616 g/mol. The zero-order chi connectivity index (χ0) is 31.6. The van der Waals surface area contributed by atoms with Gasteiger partial charge in [-0.05, 0) is 121 Å². The number of rotatable bonds is 6. The summed E-state index contributed by atoms with van der Waals surface area (Å²) in [5.74, 6) is 0.687. The molecule has 3 nitrogen and oxygen atoms in total. The second-order valence-electron chi connectivity index (χ2n) is 13.5. The molecule has 48 heavy (non-hydrogen) atoms. The van der Waals surface area contributed by atoms with Crippen molar-refractivity contribution < 1.29 is 0 Å². The Kier molecular flexibility index (Phi) is 6.26. The van der Waals surface area contributed by atoms with Crippen molar-refractivity contribution in [3.63, 3.8) is 0 Å². The Morgan fingerprint density at radius 1 is 0.354 bits per heavy atom. The van der Waals surface area contributed by atoms with Crippen LogP contribution in [0.25, 0.3) is 33.4 Å². The van der Waals surface area contributed by atoms with E-state index in [0.717, 1.165) is 19.3 Å². The number of aromatic nitrogens is 3. The lowest BCUT2D eigenvalue weighted by atomic mass is 9.78. The van der Waals surface area contributed by atoms with Gasteiger partial charge in [0.2, 0.25) is 0 Å². The van der Waals surface area contributed by atoms with Gasteiger partial charge in [-0.15, -0.1) is 0 Å². The van der Waals surface area contributed by atoms with Gasteiger partial charge in [0.1, 0.15) is 0 Å². The molecule has 0 radical (unpaired) electrons. The quantitative estimate of drug-likeness (QED) is 0.187. The van der Waals surface area contributed by atoms with Crippen LogP contribution in [0.15, 0.2) is 146 Å². The molecule has 3 aromatic heterocycles. The first kappa shape index (κ1) is 27.4. The third-order valence-corrected chi connectivity index (χ3v) is 11.0. The molecule has 0 amide bonds.